The Morgan fingerprint density at radius 3 is 2.59 bits per heavy atom. The second-order valence-electron chi connectivity index (χ2n) is 9.19. The number of pyridine rings is 2. The van der Waals surface area contributed by atoms with Crippen molar-refractivity contribution in [2.45, 2.75) is 13.8 Å². The predicted octanol–water partition coefficient (Wildman–Crippen LogP) is 6.70. The van der Waals surface area contributed by atoms with Gasteiger partial charge in [-0.05, 0) is 66.9 Å². The van der Waals surface area contributed by atoms with E-state index >= 15 is 0 Å². The summed E-state index contributed by atoms with van der Waals surface area (Å²) in [6.07, 6.45) is 5.54. The first-order chi connectivity index (χ1) is 17.9. The van der Waals surface area contributed by atoms with Crippen LogP contribution < -0.4 is 4.74 Å². The fourth-order valence-corrected chi connectivity index (χ4v) is 5.05. The van der Waals surface area contributed by atoms with Crippen LogP contribution in [0.15, 0.2) is 73.2 Å². The molecule has 6 rings (SSSR count). The van der Waals surface area contributed by atoms with E-state index in [2.05, 4.69) is 34.7 Å². The van der Waals surface area contributed by atoms with Gasteiger partial charge in [-0.15, -0.1) is 0 Å². The van der Waals surface area contributed by atoms with Gasteiger partial charge in [0, 0.05) is 66.2 Å². The maximum absolute atomic E-state index is 14.5. The summed E-state index contributed by atoms with van der Waals surface area (Å²) in [7, 11) is 3.94. The summed E-state index contributed by atoms with van der Waals surface area (Å²) in [5, 5.41) is 6.84. The molecule has 37 heavy (non-hydrogen) atoms. The Bertz CT molecular complexity index is 1800. The van der Waals surface area contributed by atoms with Crippen LogP contribution in [0.3, 0.4) is 0 Å². The fourth-order valence-electron chi connectivity index (χ4n) is 5.05. The molecule has 0 saturated carbocycles. The highest BCUT2D eigenvalue weighted by atomic mass is 19.1. The second kappa shape index (κ2) is 8.85. The van der Waals surface area contributed by atoms with E-state index in [9.17, 15) is 4.39 Å². The molecule has 0 atom stereocenters. The van der Waals surface area contributed by atoms with Crippen LogP contribution in [0.25, 0.3) is 55.6 Å². The molecular formula is C30H26FN5O. The number of hydrogen-bond donors (Lipinski definition) is 0. The number of aryl methyl sites for hydroxylation is 3. The van der Waals surface area contributed by atoms with Crippen molar-refractivity contribution in [2.24, 2.45) is 14.1 Å². The molecule has 4 heterocycles. The standard InChI is InChI=1S/C30H26FN5O/c1-5-37-22-12-19(11-21(31)14-22)23-7-6-8-27-24(23)15-28(35(27)3)29-25-13-20(16-33-30(25)36(4)34-29)26-17-32-10-9-18(26)2/h6-17H,5H2,1-4H3. The molecule has 2 aromatic carbocycles. The quantitative estimate of drug-likeness (QED) is 0.269. The lowest BCUT2D eigenvalue weighted by molar-refractivity contribution is 0.338. The van der Waals surface area contributed by atoms with Crippen molar-refractivity contribution in [1.29, 1.82) is 0 Å². The van der Waals surface area contributed by atoms with E-state index in [1.54, 1.807) is 12.3 Å². The highest BCUT2D eigenvalue weighted by molar-refractivity contribution is 6.02. The summed E-state index contributed by atoms with van der Waals surface area (Å²) >= 11 is 0. The molecule has 0 aliphatic rings. The minimum Gasteiger partial charge on any atom is -0.494 e. The van der Waals surface area contributed by atoms with Crippen molar-refractivity contribution >= 4 is 21.9 Å². The maximum Gasteiger partial charge on any atom is 0.158 e. The number of nitrogens with zero attached hydrogens (tertiary/aromatic N) is 5. The third-order valence-corrected chi connectivity index (χ3v) is 6.85. The molecule has 0 fully saturated rings. The Morgan fingerprint density at radius 2 is 1.78 bits per heavy atom. The fraction of sp³-hybridized carbons (Fsp3) is 0.167. The molecular weight excluding hydrogens is 465 g/mol. The molecule has 0 spiro atoms. The average molecular weight is 492 g/mol. The number of aromatic nitrogens is 5. The van der Waals surface area contributed by atoms with Gasteiger partial charge in [-0.1, -0.05) is 12.1 Å². The Hall–Kier alpha value is -4.52. The molecule has 0 bridgehead atoms. The lowest BCUT2D eigenvalue weighted by Gasteiger charge is -2.09. The molecule has 0 amide bonds. The number of benzene rings is 2. The zero-order valence-corrected chi connectivity index (χ0v) is 21.2. The largest absolute Gasteiger partial charge is 0.494 e. The van der Waals surface area contributed by atoms with E-state index in [1.165, 1.54) is 6.07 Å². The Kier molecular flexibility index (Phi) is 5.48. The lowest BCUT2D eigenvalue weighted by atomic mass is 10.0. The molecule has 7 heteroatoms. The van der Waals surface area contributed by atoms with Crippen molar-refractivity contribution in [3.63, 3.8) is 0 Å². The van der Waals surface area contributed by atoms with Crippen LogP contribution in [-0.2, 0) is 14.1 Å². The van der Waals surface area contributed by atoms with Crippen LogP contribution in [0, 0.1) is 12.7 Å². The Balaban J connectivity index is 1.55. The summed E-state index contributed by atoms with van der Waals surface area (Å²) in [5.41, 5.74) is 8.51. The van der Waals surface area contributed by atoms with Gasteiger partial charge in [-0.3, -0.25) is 4.98 Å². The van der Waals surface area contributed by atoms with Crippen LogP contribution in [-0.4, -0.2) is 30.9 Å². The molecule has 0 N–H and O–H groups in total. The number of halogens is 1. The zero-order valence-electron chi connectivity index (χ0n) is 21.2. The van der Waals surface area contributed by atoms with Gasteiger partial charge < -0.3 is 9.30 Å². The topological polar surface area (TPSA) is 57.8 Å². The van der Waals surface area contributed by atoms with E-state index in [-0.39, 0.29) is 5.82 Å². The highest BCUT2D eigenvalue weighted by Gasteiger charge is 2.19. The summed E-state index contributed by atoms with van der Waals surface area (Å²) in [4.78, 5) is 9.04. The monoisotopic (exact) mass is 491 g/mol. The molecule has 4 aromatic heterocycles. The summed E-state index contributed by atoms with van der Waals surface area (Å²) < 4.78 is 24.0. The van der Waals surface area contributed by atoms with Crippen molar-refractivity contribution in [3.05, 3.63) is 84.6 Å². The Labute approximate surface area is 214 Å². The van der Waals surface area contributed by atoms with Gasteiger partial charge in [0.05, 0.1) is 12.3 Å². The number of fused-ring (bicyclic) bond motifs is 2. The number of rotatable bonds is 5. The molecule has 6 aromatic rings. The molecule has 0 aliphatic carbocycles. The first-order valence-corrected chi connectivity index (χ1v) is 12.2. The van der Waals surface area contributed by atoms with E-state index in [4.69, 9.17) is 14.8 Å². The van der Waals surface area contributed by atoms with Crippen molar-refractivity contribution in [3.8, 4) is 39.4 Å². The lowest BCUT2D eigenvalue weighted by Crippen LogP contribution is -1.94. The van der Waals surface area contributed by atoms with E-state index in [1.807, 2.05) is 62.4 Å². The van der Waals surface area contributed by atoms with Crippen LogP contribution in [0.1, 0.15) is 12.5 Å². The van der Waals surface area contributed by atoms with E-state index < -0.39 is 0 Å². The normalized spacial score (nSPS) is 11.5. The van der Waals surface area contributed by atoms with Gasteiger partial charge in [0.25, 0.3) is 0 Å². The molecule has 0 unspecified atom stereocenters. The van der Waals surface area contributed by atoms with Crippen molar-refractivity contribution in [1.82, 2.24) is 24.3 Å². The molecule has 0 aliphatic heterocycles. The predicted molar refractivity (Wildman–Crippen MR) is 145 cm³/mol. The van der Waals surface area contributed by atoms with Gasteiger partial charge in [0.1, 0.15) is 17.3 Å². The highest BCUT2D eigenvalue weighted by Crippen LogP contribution is 2.38. The minimum absolute atomic E-state index is 0.325. The molecule has 0 saturated heterocycles. The molecule has 0 radical (unpaired) electrons. The number of hydrogen-bond acceptors (Lipinski definition) is 4. The minimum atomic E-state index is -0.325. The van der Waals surface area contributed by atoms with Crippen LogP contribution in [0.4, 0.5) is 4.39 Å². The first-order valence-electron chi connectivity index (χ1n) is 12.2. The zero-order chi connectivity index (χ0) is 25.7. The van der Waals surface area contributed by atoms with E-state index in [0.29, 0.717) is 12.4 Å². The molecule has 184 valence electrons. The van der Waals surface area contributed by atoms with Crippen LogP contribution >= 0.6 is 0 Å². The van der Waals surface area contributed by atoms with E-state index in [0.717, 1.165) is 61.1 Å². The van der Waals surface area contributed by atoms with Crippen LogP contribution in [0.2, 0.25) is 0 Å². The second-order valence-corrected chi connectivity index (χ2v) is 9.19. The van der Waals surface area contributed by atoms with Crippen LogP contribution in [0.5, 0.6) is 5.75 Å². The molecule has 6 nitrogen and oxygen atoms in total. The third-order valence-electron chi connectivity index (χ3n) is 6.85. The van der Waals surface area contributed by atoms with Crippen molar-refractivity contribution < 1.29 is 9.13 Å². The van der Waals surface area contributed by atoms with Gasteiger partial charge in [0.2, 0.25) is 0 Å². The number of ether oxygens (including phenoxy) is 1. The summed E-state index contributed by atoms with van der Waals surface area (Å²) in [6, 6.07) is 17.2. The van der Waals surface area contributed by atoms with Gasteiger partial charge in [-0.25, -0.2) is 14.1 Å². The Morgan fingerprint density at radius 1 is 0.919 bits per heavy atom. The summed E-state index contributed by atoms with van der Waals surface area (Å²) in [6.45, 7) is 4.44. The SMILES string of the molecule is CCOc1cc(F)cc(-c2cccc3c2cc(-c2nn(C)c4ncc(-c5cnccc5C)cc24)n3C)c1. The van der Waals surface area contributed by atoms with Gasteiger partial charge in [0.15, 0.2) is 5.65 Å². The van der Waals surface area contributed by atoms with Gasteiger partial charge >= 0.3 is 0 Å². The van der Waals surface area contributed by atoms with Gasteiger partial charge in [-0.2, -0.15) is 5.10 Å². The maximum atomic E-state index is 14.5. The smallest absolute Gasteiger partial charge is 0.158 e. The third kappa shape index (κ3) is 3.83. The average Bonchev–Trinajstić information content (AvgIpc) is 3.40. The summed E-state index contributed by atoms with van der Waals surface area (Å²) in [5.74, 6) is 0.194. The first kappa shape index (κ1) is 22.9. The van der Waals surface area contributed by atoms with Crippen molar-refractivity contribution in [2.75, 3.05) is 6.61 Å².